The molecule has 0 fully saturated rings. The number of carboxylic acid groups (broad SMARTS) is 1. The van der Waals surface area contributed by atoms with E-state index in [1.165, 1.54) is 6.20 Å². The zero-order valence-electron chi connectivity index (χ0n) is 17.8. The summed E-state index contributed by atoms with van der Waals surface area (Å²) in [6.45, 7) is 0. The maximum absolute atomic E-state index is 13.5. The van der Waals surface area contributed by atoms with Gasteiger partial charge in [0, 0.05) is 18.5 Å². The van der Waals surface area contributed by atoms with Crippen LogP contribution in [0.25, 0.3) is 10.9 Å². The molecule has 0 aliphatic heterocycles. The van der Waals surface area contributed by atoms with E-state index in [9.17, 15) is 14.7 Å². The van der Waals surface area contributed by atoms with Gasteiger partial charge in [0.1, 0.15) is 8.84 Å². The van der Waals surface area contributed by atoms with Crippen LogP contribution in [0.1, 0.15) is 19.8 Å². The Bertz CT molecular complexity index is 1080. The standard InChI is InChI=1S/C20H21N3O3/c21-15(10-12-6-2-1-3-7-12)19(24)17(18(22)20(25)26)14-11-23-16-9-5-4-8-13(14)16/h1-9,11,15,17-18,23H,10,21-22H2,(H,25,26)/t15-,17?,18-/m0/s1/i17D,18D/hD2. The molecule has 0 radical (unpaired) electrons. The fourth-order valence-corrected chi connectivity index (χ4v) is 2.91. The Morgan fingerprint density at radius 3 is 2.54 bits per heavy atom. The zero-order valence-corrected chi connectivity index (χ0v) is 13.8. The molecule has 2 aromatic carbocycles. The molecule has 0 amide bonds. The van der Waals surface area contributed by atoms with Gasteiger partial charge in [0.05, 0.1) is 13.3 Å². The van der Waals surface area contributed by atoms with E-state index in [1.54, 1.807) is 54.6 Å². The van der Waals surface area contributed by atoms with Gasteiger partial charge in [0.2, 0.25) is 0 Å². The molecule has 0 aliphatic carbocycles. The van der Waals surface area contributed by atoms with Crippen LogP contribution in [0, 0.1) is 0 Å². The highest BCUT2D eigenvalue weighted by Crippen LogP contribution is 2.29. The Hall–Kier alpha value is -2.96. The lowest BCUT2D eigenvalue weighted by molar-refractivity contribution is -0.141. The summed E-state index contributed by atoms with van der Waals surface area (Å²) in [4.78, 5) is 28.4. The van der Waals surface area contributed by atoms with Crippen molar-refractivity contribution in [2.24, 2.45) is 11.5 Å². The first-order valence-corrected chi connectivity index (χ1v) is 8.05. The summed E-state index contributed by atoms with van der Waals surface area (Å²) in [7, 11) is 0. The number of Topliss-reactive ketones (excluding diaryl/α,β-unsaturated/α-hetero) is 1. The SMILES string of the molecule is [2H]N([2H])[C@]([2H])(C(=O)O)C([2H])(C(=O)[C@@H](N)Cc1ccccc1)c1c[nH]c2ccccc12. The molecule has 0 spiro atoms. The minimum atomic E-state index is -3.27. The molecule has 3 aromatic rings. The number of benzene rings is 2. The van der Waals surface area contributed by atoms with E-state index in [-0.39, 0.29) is 12.0 Å². The van der Waals surface area contributed by atoms with E-state index in [0.717, 1.165) is 0 Å². The van der Waals surface area contributed by atoms with E-state index < -0.39 is 35.4 Å². The van der Waals surface area contributed by atoms with Gasteiger partial charge in [-0.15, -0.1) is 0 Å². The van der Waals surface area contributed by atoms with Gasteiger partial charge in [-0.3, -0.25) is 9.59 Å². The molecule has 0 saturated heterocycles. The second-order valence-corrected chi connectivity index (χ2v) is 5.94. The van der Waals surface area contributed by atoms with Crippen molar-refractivity contribution in [2.75, 3.05) is 0 Å². The molecule has 3 atom stereocenters. The summed E-state index contributed by atoms with van der Waals surface area (Å²) in [6, 6.07) is 10.7. The molecule has 1 unspecified atom stereocenters. The van der Waals surface area contributed by atoms with Crippen molar-refractivity contribution in [3.8, 4) is 0 Å². The molecule has 26 heavy (non-hydrogen) atoms. The minimum Gasteiger partial charge on any atom is -0.480 e. The van der Waals surface area contributed by atoms with Gasteiger partial charge in [-0.05, 0) is 23.6 Å². The summed E-state index contributed by atoms with van der Waals surface area (Å²) < 4.78 is 32.6. The number of aromatic nitrogens is 1. The number of hydrogen-bond donors (Lipinski definition) is 4. The number of nitrogens with one attached hydrogen (secondary N) is 1. The van der Waals surface area contributed by atoms with E-state index >= 15 is 0 Å². The Kier molecular flexibility index (Phi) is 3.83. The number of aliphatic carboxylic acids is 1. The van der Waals surface area contributed by atoms with Crippen LogP contribution in [-0.2, 0) is 16.0 Å². The van der Waals surface area contributed by atoms with E-state index in [0.29, 0.717) is 16.5 Å². The zero-order chi connectivity index (χ0) is 22.1. The van der Waals surface area contributed by atoms with Crippen LogP contribution in [0.2, 0.25) is 2.82 Å². The van der Waals surface area contributed by atoms with Gasteiger partial charge in [0.15, 0.2) is 5.78 Å². The van der Waals surface area contributed by atoms with Crippen molar-refractivity contribution in [3.05, 3.63) is 71.9 Å². The smallest absolute Gasteiger partial charge is 0.321 e. The molecule has 0 bridgehead atoms. The summed E-state index contributed by atoms with van der Waals surface area (Å²) in [6.07, 6.45) is 1.27. The molecule has 6 heteroatoms. The van der Waals surface area contributed by atoms with E-state index in [2.05, 4.69) is 4.98 Å². The number of para-hydroxylation sites is 1. The number of carbonyl (C=O) groups is 2. The summed E-state index contributed by atoms with van der Waals surface area (Å²) in [5.41, 5.74) is 6.73. The van der Waals surface area contributed by atoms with Crippen molar-refractivity contribution >= 4 is 22.7 Å². The number of fused-ring (bicyclic) bond motifs is 1. The number of hydrogen-bond acceptors (Lipinski definition) is 4. The monoisotopic (exact) mass is 355 g/mol. The first-order valence-electron chi connectivity index (χ1n) is 9.95. The van der Waals surface area contributed by atoms with Gasteiger partial charge in [0.25, 0.3) is 0 Å². The average Bonchev–Trinajstić information content (AvgIpc) is 3.17. The number of ketones is 1. The number of aromatic amines is 1. The predicted octanol–water partition coefficient (Wildman–Crippen LogP) is 1.80. The van der Waals surface area contributed by atoms with Gasteiger partial charge >= 0.3 is 5.97 Å². The lowest BCUT2D eigenvalue weighted by Gasteiger charge is -2.23. The molecule has 134 valence electrons. The number of carboxylic acids is 1. The van der Waals surface area contributed by atoms with Crippen LogP contribution < -0.4 is 11.5 Å². The van der Waals surface area contributed by atoms with Crippen molar-refractivity contribution < 1.29 is 20.3 Å². The molecule has 1 aromatic heterocycles. The Balaban J connectivity index is 2.19. The average molecular weight is 355 g/mol. The summed E-state index contributed by atoms with van der Waals surface area (Å²) in [5, 5.41) is 10.1. The second kappa shape index (κ2) is 7.51. The van der Waals surface area contributed by atoms with Crippen molar-refractivity contribution in [1.29, 1.82) is 0 Å². The summed E-state index contributed by atoms with van der Waals surface area (Å²) in [5.74, 6) is -5.91. The molecular weight excluding hydrogens is 330 g/mol. The van der Waals surface area contributed by atoms with Gasteiger partial charge in [-0.25, -0.2) is 0 Å². The van der Waals surface area contributed by atoms with Gasteiger partial charge in [-0.2, -0.15) is 0 Å². The molecule has 1 heterocycles. The Morgan fingerprint density at radius 2 is 1.85 bits per heavy atom. The molecule has 3 rings (SSSR count). The predicted molar refractivity (Wildman–Crippen MR) is 99.8 cm³/mol. The number of carbonyl (C=O) groups excluding carboxylic acids is 1. The molecule has 6 nitrogen and oxygen atoms in total. The summed E-state index contributed by atoms with van der Waals surface area (Å²) >= 11 is 0. The van der Waals surface area contributed by atoms with E-state index in [1.807, 2.05) is 0 Å². The van der Waals surface area contributed by atoms with Crippen molar-refractivity contribution in [2.45, 2.75) is 24.4 Å². The van der Waals surface area contributed by atoms with Crippen LogP contribution in [0.5, 0.6) is 0 Å². The Morgan fingerprint density at radius 1 is 1.15 bits per heavy atom. The minimum absolute atomic E-state index is 0.00829. The van der Waals surface area contributed by atoms with Gasteiger partial charge < -0.3 is 21.5 Å². The number of rotatable bonds is 8. The van der Waals surface area contributed by atoms with Crippen molar-refractivity contribution in [3.63, 3.8) is 0 Å². The fraction of sp³-hybridized carbons (Fsp3) is 0.200. The van der Waals surface area contributed by atoms with Crippen molar-refractivity contribution in [1.82, 2.24) is 4.98 Å². The third kappa shape index (κ3) is 3.51. The van der Waals surface area contributed by atoms with E-state index in [4.69, 9.17) is 11.3 Å². The normalized spacial score (nSPS) is 19.5. The molecule has 0 saturated carbocycles. The topological polar surface area (TPSA) is 122 Å². The lowest BCUT2D eigenvalue weighted by atomic mass is 9.83. The quantitative estimate of drug-likeness (QED) is 0.491. The van der Waals surface area contributed by atoms with Gasteiger partial charge in [-0.1, -0.05) is 48.5 Å². The van der Waals surface area contributed by atoms with Crippen LogP contribution >= 0.6 is 0 Å². The molecular formula is C20H21N3O3. The third-order valence-electron chi connectivity index (χ3n) is 4.18. The highest BCUT2D eigenvalue weighted by atomic mass is 16.4. The Labute approximate surface area is 156 Å². The van der Waals surface area contributed by atoms with Crippen LogP contribution in [0.4, 0.5) is 0 Å². The number of nitrogens with two attached hydrogens (primary N) is 2. The maximum atomic E-state index is 13.5. The third-order valence-corrected chi connectivity index (χ3v) is 4.18. The first kappa shape index (κ1) is 13.3. The van der Waals surface area contributed by atoms with Crippen LogP contribution in [0.3, 0.4) is 0 Å². The maximum Gasteiger partial charge on any atom is 0.321 e. The second-order valence-electron chi connectivity index (χ2n) is 5.94. The first-order chi connectivity index (χ1) is 14.1. The highest BCUT2D eigenvalue weighted by molar-refractivity contribution is 5.99. The molecule has 6 N–H and O–H groups in total. The molecule has 0 aliphatic rings. The van der Waals surface area contributed by atoms with Crippen LogP contribution in [0.15, 0.2) is 60.8 Å². The fourth-order valence-electron chi connectivity index (χ4n) is 2.91. The highest BCUT2D eigenvalue weighted by Gasteiger charge is 2.36. The number of H-pyrrole nitrogens is 1. The largest absolute Gasteiger partial charge is 0.480 e. The lowest BCUT2D eigenvalue weighted by Crippen LogP contribution is -2.46. The van der Waals surface area contributed by atoms with Crippen LogP contribution in [-0.4, -0.2) is 33.9 Å².